The van der Waals surface area contributed by atoms with Crippen molar-refractivity contribution in [3.05, 3.63) is 81.4 Å². The Morgan fingerprint density at radius 1 is 1.09 bits per heavy atom. The number of amides is 2. The lowest BCUT2D eigenvalue weighted by atomic mass is 10.1. The fraction of sp³-hybridized carbons (Fsp3) is 0.385. The van der Waals surface area contributed by atoms with Gasteiger partial charge in [-0.2, -0.15) is 0 Å². The Morgan fingerprint density at radius 2 is 1.84 bits per heavy atom. The molecule has 0 unspecified atom stereocenters. The summed E-state index contributed by atoms with van der Waals surface area (Å²) in [5.41, 5.74) is 2.14. The molecule has 0 spiro atoms. The van der Waals surface area contributed by atoms with Gasteiger partial charge >= 0.3 is 0 Å². The van der Waals surface area contributed by atoms with Crippen LogP contribution in [-0.4, -0.2) is 22.8 Å². The molecule has 5 nitrogen and oxygen atoms in total. The Bertz CT molecular complexity index is 1030. The van der Waals surface area contributed by atoms with Crippen molar-refractivity contribution >= 4 is 23.2 Å². The fourth-order valence-electron chi connectivity index (χ4n) is 4.25. The van der Waals surface area contributed by atoms with Gasteiger partial charge in [-0.25, -0.2) is 0 Å². The van der Waals surface area contributed by atoms with Crippen molar-refractivity contribution < 1.29 is 14.0 Å². The molecule has 1 fully saturated rings. The van der Waals surface area contributed by atoms with Crippen LogP contribution in [0.3, 0.4) is 0 Å². The lowest BCUT2D eigenvalue weighted by molar-refractivity contribution is -0.142. The molecule has 1 atom stereocenters. The van der Waals surface area contributed by atoms with Crippen molar-refractivity contribution in [2.75, 3.05) is 0 Å². The van der Waals surface area contributed by atoms with Crippen LogP contribution < -0.4 is 5.32 Å². The van der Waals surface area contributed by atoms with Crippen molar-refractivity contribution in [2.24, 2.45) is 0 Å². The molecule has 32 heavy (non-hydrogen) atoms. The minimum Gasteiger partial charge on any atom is -0.464 e. The summed E-state index contributed by atoms with van der Waals surface area (Å²) in [7, 11) is 0. The number of aryl methyl sites for hydroxylation is 2. The number of nitrogens with one attached hydrogen (secondary N) is 1. The van der Waals surface area contributed by atoms with Crippen LogP contribution in [0.1, 0.15) is 59.2 Å². The van der Waals surface area contributed by atoms with E-state index in [1.165, 1.54) is 0 Å². The van der Waals surface area contributed by atoms with Crippen molar-refractivity contribution in [3.8, 4) is 0 Å². The highest BCUT2D eigenvalue weighted by Crippen LogP contribution is 2.28. The molecule has 0 saturated heterocycles. The fourth-order valence-corrected chi connectivity index (χ4v) is 4.95. The highest BCUT2D eigenvalue weighted by Gasteiger charge is 2.35. The number of carbonyl (C=O) groups is 2. The molecule has 4 rings (SSSR count). The minimum atomic E-state index is -0.807. The number of nitrogens with zero attached hydrogens (tertiary/aromatic N) is 1. The maximum atomic E-state index is 13.6. The van der Waals surface area contributed by atoms with Crippen LogP contribution in [0.15, 0.2) is 58.3 Å². The Kier molecular flexibility index (Phi) is 7.10. The third kappa shape index (κ3) is 5.49. The van der Waals surface area contributed by atoms with E-state index in [-0.39, 0.29) is 24.3 Å². The van der Waals surface area contributed by atoms with Gasteiger partial charge in [0.05, 0.1) is 6.42 Å². The molecule has 0 radical (unpaired) electrons. The van der Waals surface area contributed by atoms with E-state index >= 15 is 0 Å². The second kappa shape index (κ2) is 10.2. The molecule has 6 heteroatoms. The quantitative estimate of drug-likeness (QED) is 0.505. The summed E-state index contributed by atoms with van der Waals surface area (Å²) >= 11 is 1.55. The van der Waals surface area contributed by atoms with Gasteiger partial charge in [-0.05, 0) is 55.8 Å². The normalized spacial score (nSPS) is 14.9. The molecule has 1 N–H and O–H groups in total. The number of rotatable bonds is 8. The molecular weight excluding hydrogens is 420 g/mol. The summed E-state index contributed by atoms with van der Waals surface area (Å²) in [5.74, 6) is 0.968. The highest BCUT2D eigenvalue weighted by atomic mass is 32.1. The van der Waals surface area contributed by atoms with E-state index in [1.807, 2.05) is 67.8 Å². The molecule has 0 bridgehead atoms. The van der Waals surface area contributed by atoms with Crippen LogP contribution >= 0.6 is 11.3 Å². The van der Waals surface area contributed by atoms with Crippen LogP contribution in [-0.2, 0) is 22.6 Å². The number of thiophene rings is 1. The van der Waals surface area contributed by atoms with E-state index in [2.05, 4.69) is 5.32 Å². The SMILES string of the molecule is Cc1ccc(CN(C(=O)Cc2cccs2)[C@H](C(=O)NC2CCCC2)c2ccc(C)o2)cc1. The lowest BCUT2D eigenvalue weighted by Crippen LogP contribution is -2.46. The second-order valence-corrected chi connectivity index (χ2v) is 9.64. The lowest BCUT2D eigenvalue weighted by Gasteiger charge is -2.31. The zero-order chi connectivity index (χ0) is 22.5. The standard InChI is InChI=1S/C26H30N2O3S/c1-18-9-12-20(13-10-18)17-28(24(29)16-22-8-5-15-32-22)25(23-14-11-19(2)31-23)26(30)27-21-6-3-4-7-21/h5,8-15,21,25H,3-4,6-7,16-17H2,1-2H3,(H,27,30)/t25-/m0/s1. The number of hydrogen-bond donors (Lipinski definition) is 1. The van der Waals surface area contributed by atoms with Gasteiger partial charge in [0.1, 0.15) is 11.5 Å². The number of furan rings is 1. The molecule has 1 aromatic carbocycles. The first-order valence-corrected chi connectivity index (χ1v) is 12.1. The van der Waals surface area contributed by atoms with Crippen molar-refractivity contribution in [1.82, 2.24) is 10.2 Å². The maximum absolute atomic E-state index is 13.6. The minimum absolute atomic E-state index is 0.0892. The van der Waals surface area contributed by atoms with E-state index in [4.69, 9.17) is 4.42 Å². The van der Waals surface area contributed by atoms with Gasteiger partial charge in [0.15, 0.2) is 6.04 Å². The molecular formula is C26H30N2O3S. The molecule has 2 amide bonds. The number of hydrogen-bond acceptors (Lipinski definition) is 4. The summed E-state index contributed by atoms with van der Waals surface area (Å²) in [6, 6.07) is 15.0. The van der Waals surface area contributed by atoms with Gasteiger partial charge in [0.2, 0.25) is 5.91 Å². The number of benzene rings is 1. The summed E-state index contributed by atoms with van der Waals surface area (Å²) in [5, 5.41) is 5.15. The highest BCUT2D eigenvalue weighted by molar-refractivity contribution is 7.10. The molecule has 2 heterocycles. The van der Waals surface area contributed by atoms with Crippen molar-refractivity contribution in [3.63, 3.8) is 0 Å². The molecule has 1 aliphatic rings. The third-order valence-electron chi connectivity index (χ3n) is 5.99. The van der Waals surface area contributed by atoms with E-state index < -0.39 is 6.04 Å². The first kappa shape index (κ1) is 22.3. The van der Waals surface area contributed by atoms with Crippen molar-refractivity contribution in [2.45, 2.75) is 64.6 Å². The average molecular weight is 451 g/mol. The Hall–Kier alpha value is -2.86. The van der Waals surface area contributed by atoms with Gasteiger partial charge in [-0.3, -0.25) is 9.59 Å². The Morgan fingerprint density at radius 3 is 2.47 bits per heavy atom. The zero-order valence-electron chi connectivity index (χ0n) is 18.7. The van der Waals surface area contributed by atoms with Crippen LogP contribution in [0.25, 0.3) is 0 Å². The predicted molar refractivity (Wildman–Crippen MR) is 126 cm³/mol. The smallest absolute Gasteiger partial charge is 0.250 e. The van der Waals surface area contributed by atoms with Crippen LogP contribution in [0, 0.1) is 13.8 Å². The second-order valence-electron chi connectivity index (χ2n) is 8.60. The monoisotopic (exact) mass is 450 g/mol. The third-order valence-corrected chi connectivity index (χ3v) is 6.87. The van der Waals surface area contributed by atoms with E-state index in [1.54, 1.807) is 16.2 Å². The molecule has 168 valence electrons. The predicted octanol–water partition coefficient (Wildman–Crippen LogP) is 5.33. The summed E-state index contributed by atoms with van der Waals surface area (Å²) in [4.78, 5) is 29.7. The van der Waals surface area contributed by atoms with Crippen LogP contribution in [0.5, 0.6) is 0 Å². The van der Waals surface area contributed by atoms with Gasteiger partial charge in [0, 0.05) is 17.5 Å². The number of carbonyl (C=O) groups excluding carboxylic acids is 2. The Labute approximate surface area is 193 Å². The average Bonchev–Trinajstić information content (AvgIpc) is 3.53. The van der Waals surface area contributed by atoms with Gasteiger partial charge in [0.25, 0.3) is 5.91 Å². The van der Waals surface area contributed by atoms with Gasteiger partial charge < -0.3 is 14.6 Å². The van der Waals surface area contributed by atoms with E-state index in [0.717, 1.165) is 47.4 Å². The summed E-state index contributed by atoms with van der Waals surface area (Å²) in [6.45, 7) is 4.23. The molecule has 3 aromatic rings. The maximum Gasteiger partial charge on any atom is 0.250 e. The largest absolute Gasteiger partial charge is 0.464 e. The first-order chi connectivity index (χ1) is 15.5. The van der Waals surface area contributed by atoms with Crippen LogP contribution in [0.4, 0.5) is 0 Å². The van der Waals surface area contributed by atoms with Crippen molar-refractivity contribution in [1.29, 1.82) is 0 Å². The first-order valence-electron chi connectivity index (χ1n) is 11.2. The molecule has 2 aromatic heterocycles. The topological polar surface area (TPSA) is 62.6 Å². The molecule has 1 aliphatic carbocycles. The van der Waals surface area contributed by atoms with E-state index in [0.29, 0.717) is 12.3 Å². The molecule has 0 aliphatic heterocycles. The molecule has 1 saturated carbocycles. The van der Waals surface area contributed by atoms with Crippen LogP contribution in [0.2, 0.25) is 0 Å². The zero-order valence-corrected chi connectivity index (χ0v) is 19.5. The van der Waals surface area contributed by atoms with E-state index in [9.17, 15) is 9.59 Å². The van der Waals surface area contributed by atoms with Gasteiger partial charge in [-0.1, -0.05) is 48.7 Å². The summed E-state index contributed by atoms with van der Waals surface area (Å²) < 4.78 is 5.90. The summed E-state index contributed by atoms with van der Waals surface area (Å²) in [6.07, 6.45) is 4.48. The van der Waals surface area contributed by atoms with Gasteiger partial charge in [-0.15, -0.1) is 11.3 Å². The Balaban J connectivity index is 1.67.